The van der Waals surface area contributed by atoms with Crippen LogP contribution in [0.1, 0.15) is 18.7 Å². The molecule has 0 N–H and O–H groups in total. The molecule has 0 saturated carbocycles. The molecule has 1 aromatic heterocycles. The topological polar surface area (TPSA) is 104 Å². The number of hydrogen-bond acceptors (Lipinski definition) is 8. The SMILES string of the molecule is COc1cccc(N2CCN(C(=O)CN3N=C(c4nc(-c5ccccc5)no4)CCC3=O)CC2)c1. The van der Waals surface area contributed by atoms with Gasteiger partial charge in [0.2, 0.25) is 17.6 Å². The highest BCUT2D eigenvalue weighted by molar-refractivity contribution is 6.01. The standard InChI is InChI=1S/C25H26N6O4/c1-34-20-9-5-8-19(16-20)29-12-14-30(15-13-29)23(33)17-31-22(32)11-10-21(27-31)25-26-24(28-35-25)18-6-3-2-4-7-18/h2-9,16H,10-15,17H2,1H3. The second kappa shape index (κ2) is 9.96. The number of rotatable bonds is 6. The molecule has 2 amide bonds. The molecule has 0 radical (unpaired) electrons. The minimum Gasteiger partial charge on any atom is -0.497 e. The number of benzene rings is 2. The normalized spacial score (nSPS) is 16.3. The van der Waals surface area contributed by atoms with Gasteiger partial charge in [-0.3, -0.25) is 9.59 Å². The van der Waals surface area contributed by atoms with E-state index in [4.69, 9.17) is 9.26 Å². The number of hydrogen-bond donors (Lipinski definition) is 0. The van der Waals surface area contributed by atoms with Crippen LogP contribution in [0.15, 0.2) is 64.2 Å². The van der Waals surface area contributed by atoms with Crippen molar-refractivity contribution in [1.82, 2.24) is 20.0 Å². The Balaban J connectivity index is 1.22. The van der Waals surface area contributed by atoms with Crippen molar-refractivity contribution in [1.29, 1.82) is 0 Å². The number of nitrogens with zero attached hydrogens (tertiary/aromatic N) is 6. The van der Waals surface area contributed by atoms with Gasteiger partial charge in [0, 0.05) is 56.3 Å². The largest absolute Gasteiger partial charge is 0.497 e. The van der Waals surface area contributed by atoms with Gasteiger partial charge in [-0.2, -0.15) is 10.1 Å². The van der Waals surface area contributed by atoms with Gasteiger partial charge in [-0.15, -0.1) is 0 Å². The van der Waals surface area contributed by atoms with E-state index < -0.39 is 0 Å². The summed E-state index contributed by atoms with van der Waals surface area (Å²) in [6.45, 7) is 2.43. The molecule has 5 rings (SSSR count). The van der Waals surface area contributed by atoms with E-state index in [9.17, 15) is 9.59 Å². The van der Waals surface area contributed by atoms with Crippen molar-refractivity contribution in [2.24, 2.45) is 5.10 Å². The third-order valence-electron chi connectivity index (χ3n) is 6.15. The maximum atomic E-state index is 13.0. The molecule has 180 valence electrons. The first kappa shape index (κ1) is 22.6. The van der Waals surface area contributed by atoms with Crippen molar-refractivity contribution in [2.75, 3.05) is 44.7 Å². The van der Waals surface area contributed by atoms with E-state index in [1.54, 1.807) is 12.0 Å². The monoisotopic (exact) mass is 474 g/mol. The van der Waals surface area contributed by atoms with E-state index in [0.29, 0.717) is 44.1 Å². The average Bonchev–Trinajstić information content (AvgIpc) is 3.41. The zero-order valence-corrected chi connectivity index (χ0v) is 19.5. The molecule has 1 fully saturated rings. The number of methoxy groups -OCH3 is 1. The Bertz CT molecular complexity index is 1230. The van der Waals surface area contributed by atoms with Crippen LogP contribution in [0.3, 0.4) is 0 Å². The van der Waals surface area contributed by atoms with Gasteiger partial charge >= 0.3 is 0 Å². The minimum absolute atomic E-state index is 0.110. The van der Waals surface area contributed by atoms with E-state index >= 15 is 0 Å². The highest BCUT2D eigenvalue weighted by atomic mass is 16.5. The zero-order valence-electron chi connectivity index (χ0n) is 19.5. The first-order valence-corrected chi connectivity index (χ1v) is 11.5. The smallest absolute Gasteiger partial charge is 0.274 e. The van der Waals surface area contributed by atoms with Crippen LogP contribution in [0.5, 0.6) is 5.75 Å². The van der Waals surface area contributed by atoms with Gasteiger partial charge in [0.1, 0.15) is 18.0 Å². The summed E-state index contributed by atoms with van der Waals surface area (Å²) in [5.41, 5.74) is 2.40. The van der Waals surface area contributed by atoms with Crippen molar-refractivity contribution in [3.05, 3.63) is 60.5 Å². The minimum atomic E-state index is -0.195. The summed E-state index contributed by atoms with van der Waals surface area (Å²) in [7, 11) is 1.65. The maximum absolute atomic E-state index is 13.0. The Morgan fingerprint density at radius 3 is 2.60 bits per heavy atom. The van der Waals surface area contributed by atoms with E-state index in [1.165, 1.54) is 5.01 Å². The molecule has 0 bridgehead atoms. The third-order valence-corrected chi connectivity index (χ3v) is 6.15. The first-order chi connectivity index (χ1) is 17.1. The fraction of sp³-hybridized carbons (Fsp3) is 0.320. The van der Waals surface area contributed by atoms with Crippen LogP contribution in [0.4, 0.5) is 5.69 Å². The van der Waals surface area contributed by atoms with Crippen molar-refractivity contribution in [2.45, 2.75) is 12.8 Å². The second-order valence-electron chi connectivity index (χ2n) is 8.36. The van der Waals surface area contributed by atoms with E-state index in [1.807, 2.05) is 54.6 Å². The van der Waals surface area contributed by atoms with Crippen LogP contribution in [0.25, 0.3) is 11.4 Å². The van der Waals surface area contributed by atoms with Crippen LogP contribution in [-0.2, 0) is 9.59 Å². The predicted octanol–water partition coefficient (Wildman–Crippen LogP) is 2.42. The number of hydrazone groups is 1. The lowest BCUT2D eigenvalue weighted by atomic mass is 10.1. The zero-order chi connectivity index (χ0) is 24.2. The Kier molecular flexibility index (Phi) is 6.42. The van der Waals surface area contributed by atoms with Crippen LogP contribution in [0.2, 0.25) is 0 Å². The van der Waals surface area contributed by atoms with Crippen molar-refractivity contribution in [3.8, 4) is 17.1 Å². The summed E-state index contributed by atoms with van der Waals surface area (Å²) in [6.07, 6.45) is 0.623. The molecule has 3 aromatic rings. The maximum Gasteiger partial charge on any atom is 0.274 e. The number of anilines is 1. The Morgan fingerprint density at radius 2 is 1.83 bits per heavy atom. The highest BCUT2D eigenvalue weighted by Gasteiger charge is 2.29. The van der Waals surface area contributed by atoms with Gasteiger partial charge in [-0.1, -0.05) is 41.6 Å². The molecular formula is C25H26N6O4. The fourth-order valence-electron chi connectivity index (χ4n) is 4.17. The van der Waals surface area contributed by atoms with Crippen LogP contribution in [0, 0.1) is 0 Å². The lowest BCUT2D eigenvalue weighted by Gasteiger charge is -2.37. The molecular weight excluding hydrogens is 448 g/mol. The lowest BCUT2D eigenvalue weighted by molar-refractivity contribution is -0.141. The van der Waals surface area contributed by atoms with Crippen molar-refractivity contribution in [3.63, 3.8) is 0 Å². The second-order valence-corrected chi connectivity index (χ2v) is 8.36. The van der Waals surface area contributed by atoms with Gasteiger partial charge in [-0.25, -0.2) is 5.01 Å². The summed E-state index contributed by atoms with van der Waals surface area (Å²) in [5, 5.41) is 9.64. The summed E-state index contributed by atoms with van der Waals surface area (Å²) in [5.74, 6) is 1.19. The van der Waals surface area contributed by atoms with Crippen LogP contribution < -0.4 is 9.64 Å². The number of carbonyl (C=O) groups is 2. The number of ether oxygens (including phenoxy) is 1. The molecule has 10 nitrogen and oxygen atoms in total. The number of carbonyl (C=O) groups excluding carboxylic acids is 2. The van der Waals surface area contributed by atoms with Gasteiger partial charge in [-0.05, 0) is 12.1 Å². The number of piperazine rings is 1. The van der Waals surface area contributed by atoms with Gasteiger partial charge in [0.15, 0.2) is 0 Å². The third kappa shape index (κ3) is 5.01. The van der Waals surface area contributed by atoms with Crippen molar-refractivity contribution >= 4 is 23.2 Å². The van der Waals surface area contributed by atoms with Crippen molar-refractivity contribution < 1.29 is 18.8 Å². The first-order valence-electron chi connectivity index (χ1n) is 11.5. The van der Waals surface area contributed by atoms with Crippen LogP contribution >= 0.6 is 0 Å². The molecule has 10 heteroatoms. The summed E-state index contributed by atoms with van der Waals surface area (Å²) in [6, 6.07) is 17.4. The molecule has 3 heterocycles. The van der Waals surface area contributed by atoms with Gasteiger partial charge < -0.3 is 19.1 Å². The molecule has 2 aliphatic rings. The predicted molar refractivity (Wildman–Crippen MR) is 129 cm³/mol. The molecule has 35 heavy (non-hydrogen) atoms. The van der Waals surface area contributed by atoms with Crippen LogP contribution in [-0.4, -0.2) is 77.4 Å². The summed E-state index contributed by atoms with van der Waals surface area (Å²) in [4.78, 5) is 33.8. The Hall–Kier alpha value is -4.21. The Labute approximate surface area is 202 Å². The van der Waals surface area contributed by atoms with E-state index in [0.717, 1.165) is 17.0 Å². The number of aromatic nitrogens is 2. The molecule has 1 saturated heterocycles. The lowest BCUT2D eigenvalue weighted by Crippen LogP contribution is -2.51. The average molecular weight is 475 g/mol. The number of amides is 2. The molecule has 0 aliphatic carbocycles. The highest BCUT2D eigenvalue weighted by Crippen LogP contribution is 2.23. The van der Waals surface area contributed by atoms with E-state index in [2.05, 4.69) is 20.1 Å². The Morgan fingerprint density at radius 1 is 1.03 bits per heavy atom. The van der Waals surface area contributed by atoms with Gasteiger partial charge in [0.05, 0.1) is 7.11 Å². The summed E-state index contributed by atoms with van der Waals surface area (Å²) < 4.78 is 10.7. The van der Waals surface area contributed by atoms with E-state index in [-0.39, 0.29) is 30.7 Å². The van der Waals surface area contributed by atoms with Gasteiger partial charge in [0.25, 0.3) is 5.89 Å². The molecule has 0 atom stereocenters. The molecule has 2 aliphatic heterocycles. The fourth-order valence-corrected chi connectivity index (χ4v) is 4.17. The molecule has 0 unspecified atom stereocenters. The molecule has 2 aromatic carbocycles. The summed E-state index contributed by atoms with van der Waals surface area (Å²) >= 11 is 0. The molecule has 0 spiro atoms. The quantitative estimate of drug-likeness (QED) is 0.540.